The number of anilines is 1. The number of ether oxygens (including phenoxy) is 2. The molecule has 0 radical (unpaired) electrons. The van der Waals surface area contributed by atoms with E-state index in [0.717, 1.165) is 49.7 Å². The summed E-state index contributed by atoms with van der Waals surface area (Å²) < 4.78 is 10.9. The molecular weight excluding hydrogens is 386 g/mol. The second-order valence-electron chi connectivity index (χ2n) is 7.20. The van der Waals surface area contributed by atoms with Crippen molar-refractivity contribution in [1.82, 2.24) is 10.2 Å². The number of hydrogen-bond acceptors (Lipinski definition) is 5. The molecule has 0 spiro atoms. The normalized spacial score (nSPS) is 14.3. The van der Waals surface area contributed by atoms with Gasteiger partial charge in [-0.05, 0) is 67.0 Å². The van der Waals surface area contributed by atoms with Gasteiger partial charge in [0.05, 0.1) is 13.2 Å². The van der Waals surface area contributed by atoms with Gasteiger partial charge in [0, 0.05) is 25.3 Å². The van der Waals surface area contributed by atoms with Crippen molar-refractivity contribution < 1.29 is 14.3 Å². The van der Waals surface area contributed by atoms with E-state index >= 15 is 0 Å². The van der Waals surface area contributed by atoms with Crippen molar-refractivity contribution in [2.75, 3.05) is 38.2 Å². The van der Waals surface area contributed by atoms with E-state index in [-0.39, 0.29) is 17.6 Å². The Morgan fingerprint density at radius 2 is 1.76 bits per heavy atom. The van der Waals surface area contributed by atoms with Crippen LogP contribution in [0.25, 0.3) is 0 Å². The predicted molar refractivity (Wildman–Crippen MR) is 118 cm³/mol. The number of morpholine rings is 1. The number of nitrogens with one attached hydrogen (secondary N) is 2. The molecule has 1 aliphatic heterocycles. The molecule has 2 aromatic rings. The van der Waals surface area contributed by atoms with Crippen LogP contribution in [0.1, 0.15) is 16.7 Å². The van der Waals surface area contributed by atoms with Gasteiger partial charge in [-0.1, -0.05) is 18.2 Å². The molecule has 1 saturated heterocycles. The molecule has 6 nitrogen and oxygen atoms in total. The highest BCUT2D eigenvalue weighted by Crippen LogP contribution is 2.16. The second-order valence-corrected chi connectivity index (χ2v) is 7.61. The van der Waals surface area contributed by atoms with Crippen LogP contribution in [0.5, 0.6) is 5.75 Å². The summed E-state index contributed by atoms with van der Waals surface area (Å²) in [7, 11) is 0. The molecule has 29 heavy (non-hydrogen) atoms. The molecule has 1 amide bonds. The monoisotopic (exact) mass is 413 g/mol. The first-order chi connectivity index (χ1) is 14.0. The van der Waals surface area contributed by atoms with Crippen LogP contribution >= 0.6 is 12.2 Å². The highest BCUT2D eigenvalue weighted by atomic mass is 32.1. The number of benzene rings is 2. The third kappa shape index (κ3) is 7.12. The number of hydrogen-bond donors (Lipinski definition) is 2. The van der Waals surface area contributed by atoms with Gasteiger partial charge in [-0.25, -0.2) is 0 Å². The molecule has 2 N–H and O–H groups in total. The molecule has 3 rings (SSSR count). The van der Waals surface area contributed by atoms with E-state index in [4.69, 9.17) is 21.7 Å². The van der Waals surface area contributed by atoms with Gasteiger partial charge in [-0.2, -0.15) is 0 Å². The third-order valence-electron chi connectivity index (χ3n) is 4.54. The van der Waals surface area contributed by atoms with Gasteiger partial charge in [0.1, 0.15) is 5.75 Å². The van der Waals surface area contributed by atoms with Crippen molar-refractivity contribution in [3.05, 3.63) is 59.2 Å². The Morgan fingerprint density at radius 1 is 1.10 bits per heavy atom. The van der Waals surface area contributed by atoms with Crippen molar-refractivity contribution >= 4 is 28.9 Å². The number of thiocarbonyl (C=S) groups is 1. The lowest BCUT2D eigenvalue weighted by Crippen LogP contribution is -2.37. The van der Waals surface area contributed by atoms with Crippen LogP contribution < -0.4 is 15.4 Å². The SMILES string of the molecule is Cc1cc(C)cc(OCC(=O)NC(=S)Nc2ccc(CN3CCOCC3)cc2)c1. The summed E-state index contributed by atoms with van der Waals surface area (Å²) >= 11 is 5.23. The molecule has 0 aromatic heterocycles. The Hall–Kier alpha value is -2.48. The maximum absolute atomic E-state index is 12.1. The fourth-order valence-electron chi connectivity index (χ4n) is 3.20. The zero-order valence-corrected chi connectivity index (χ0v) is 17.7. The van der Waals surface area contributed by atoms with Crippen molar-refractivity contribution in [3.8, 4) is 5.75 Å². The summed E-state index contributed by atoms with van der Waals surface area (Å²) in [5, 5.41) is 5.92. The molecule has 154 valence electrons. The molecule has 1 fully saturated rings. The van der Waals surface area contributed by atoms with Crippen molar-refractivity contribution in [2.45, 2.75) is 20.4 Å². The van der Waals surface area contributed by atoms with E-state index in [2.05, 4.69) is 33.7 Å². The van der Waals surface area contributed by atoms with Crippen LogP contribution in [0.4, 0.5) is 5.69 Å². The molecule has 1 heterocycles. The Bertz CT molecular complexity index is 829. The van der Waals surface area contributed by atoms with E-state index in [1.165, 1.54) is 5.56 Å². The predicted octanol–water partition coefficient (Wildman–Crippen LogP) is 3.03. The first kappa shape index (κ1) is 21.2. The number of rotatable bonds is 6. The van der Waals surface area contributed by atoms with Gasteiger partial charge in [-0.3, -0.25) is 15.0 Å². The lowest BCUT2D eigenvalue weighted by atomic mass is 10.1. The van der Waals surface area contributed by atoms with Gasteiger partial charge in [0.25, 0.3) is 5.91 Å². The molecule has 0 saturated carbocycles. The van der Waals surface area contributed by atoms with Gasteiger partial charge in [0.15, 0.2) is 11.7 Å². The molecule has 2 aromatic carbocycles. The highest BCUT2D eigenvalue weighted by molar-refractivity contribution is 7.80. The maximum atomic E-state index is 12.1. The Labute approximate surface area is 177 Å². The van der Waals surface area contributed by atoms with Gasteiger partial charge >= 0.3 is 0 Å². The van der Waals surface area contributed by atoms with Crippen molar-refractivity contribution in [1.29, 1.82) is 0 Å². The van der Waals surface area contributed by atoms with Crippen LogP contribution in [-0.4, -0.2) is 48.8 Å². The maximum Gasteiger partial charge on any atom is 0.264 e. The summed E-state index contributed by atoms with van der Waals surface area (Å²) in [5.41, 5.74) is 4.25. The fraction of sp³-hybridized carbons (Fsp3) is 0.364. The van der Waals surface area contributed by atoms with E-state index < -0.39 is 0 Å². The minimum absolute atomic E-state index is 0.0940. The largest absolute Gasteiger partial charge is 0.484 e. The van der Waals surface area contributed by atoms with Crippen LogP contribution in [0, 0.1) is 13.8 Å². The van der Waals surface area contributed by atoms with Gasteiger partial charge in [-0.15, -0.1) is 0 Å². The molecule has 7 heteroatoms. The van der Waals surface area contributed by atoms with Gasteiger partial charge < -0.3 is 14.8 Å². The fourth-order valence-corrected chi connectivity index (χ4v) is 3.43. The summed E-state index contributed by atoms with van der Waals surface area (Å²) in [5.74, 6) is 0.373. The molecule has 0 atom stereocenters. The van der Waals surface area contributed by atoms with E-state index in [0.29, 0.717) is 5.75 Å². The first-order valence-electron chi connectivity index (χ1n) is 9.69. The number of aryl methyl sites for hydroxylation is 2. The van der Waals surface area contributed by atoms with Gasteiger partial charge in [0.2, 0.25) is 0 Å². The minimum Gasteiger partial charge on any atom is -0.484 e. The topological polar surface area (TPSA) is 62.8 Å². The first-order valence-corrected chi connectivity index (χ1v) is 10.1. The van der Waals surface area contributed by atoms with E-state index in [1.807, 2.05) is 38.1 Å². The number of amides is 1. The number of carbonyl (C=O) groups is 1. The van der Waals surface area contributed by atoms with E-state index in [9.17, 15) is 4.79 Å². The lowest BCUT2D eigenvalue weighted by Gasteiger charge is -2.26. The minimum atomic E-state index is -0.300. The molecule has 0 bridgehead atoms. The molecular formula is C22H27N3O3S. The third-order valence-corrected chi connectivity index (χ3v) is 4.74. The summed E-state index contributed by atoms with van der Waals surface area (Å²) in [6, 6.07) is 13.9. The van der Waals surface area contributed by atoms with E-state index in [1.54, 1.807) is 0 Å². The zero-order valence-electron chi connectivity index (χ0n) is 16.9. The lowest BCUT2D eigenvalue weighted by molar-refractivity contribution is -0.121. The Morgan fingerprint density at radius 3 is 2.41 bits per heavy atom. The zero-order chi connectivity index (χ0) is 20.6. The van der Waals surface area contributed by atoms with Crippen LogP contribution in [0.15, 0.2) is 42.5 Å². The summed E-state index contributed by atoms with van der Waals surface area (Å²) in [4.78, 5) is 14.5. The highest BCUT2D eigenvalue weighted by Gasteiger charge is 2.11. The second kappa shape index (κ2) is 10.3. The molecule has 0 unspecified atom stereocenters. The Kier molecular flexibility index (Phi) is 7.57. The average molecular weight is 414 g/mol. The molecule has 1 aliphatic rings. The standard InChI is InChI=1S/C22H27N3O3S/c1-16-11-17(2)13-20(12-16)28-15-21(26)24-22(29)23-19-5-3-18(4-6-19)14-25-7-9-27-10-8-25/h3-6,11-13H,7-10,14-15H2,1-2H3,(H2,23,24,26,29). The van der Waals surface area contributed by atoms with Crippen molar-refractivity contribution in [3.63, 3.8) is 0 Å². The summed E-state index contributed by atoms with van der Waals surface area (Å²) in [6.45, 7) is 8.29. The smallest absolute Gasteiger partial charge is 0.264 e. The van der Waals surface area contributed by atoms with Crippen LogP contribution in [0.2, 0.25) is 0 Å². The quantitative estimate of drug-likeness (QED) is 0.710. The summed E-state index contributed by atoms with van der Waals surface area (Å²) in [6.07, 6.45) is 0. The Balaban J connectivity index is 1.42. The molecule has 0 aliphatic carbocycles. The van der Waals surface area contributed by atoms with Crippen LogP contribution in [0.3, 0.4) is 0 Å². The van der Waals surface area contributed by atoms with Crippen LogP contribution in [-0.2, 0) is 16.1 Å². The van der Waals surface area contributed by atoms with Crippen molar-refractivity contribution in [2.24, 2.45) is 0 Å². The average Bonchev–Trinajstić information content (AvgIpc) is 2.68. The number of carbonyl (C=O) groups excluding carboxylic acids is 1. The number of nitrogens with zero attached hydrogens (tertiary/aromatic N) is 1.